The number of carbonyl (C=O) groups excluding carboxylic acids is 2. The Bertz CT molecular complexity index is 2650. The highest BCUT2D eigenvalue weighted by Crippen LogP contribution is 2.42. The van der Waals surface area contributed by atoms with Gasteiger partial charge in [0.15, 0.2) is 11.9 Å². The summed E-state index contributed by atoms with van der Waals surface area (Å²) in [6.45, 7) is 2.46. The van der Waals surface area contributed by atoms with Gasteiger partial charge >= 0.3 is 5.97 Å². The van der Waals surface area contributed by atoms with Gasteiger partial charge in [-0.1, -0.05) is 95.5 Å². The van der Waals surface area contributed by atoms with Gasteiger partial charge in [-0.05, 0) is 100 Å². The lowest BCUT2D eigenvalue weighted by atomic mass is 9.86. The van der Waals surface area contributed by atoms with E-state index < -0.39 is 30.1 Å². The maximum atomic E-state index is 14.2. The number of allylic oxidation sites excluding steroid dienone is 2. The summed E-state index contributed by atoms with van der Waals surface area (Å²) in [5, 5.41) is 23.1. The molecule has 1 aliphatic carbocycles. The van der Waals surface area contributed by atoms with Crippen LogP contribution in [0.25, 0.3) is 11.1 Å². The third-order valence-electron chi connectivity index (χ3n) is 10.9. The van der Waals surface area contributed by atoms with Crippen LogP contribution in [0.15, 0.2) is 150 Å². The van der Waals surface area contributed by atoms with Gasteiger partial charge in [-0.15, -0.1) is 0 Å². The molecule has 1 unspecified atom stereocenters. The number of nitrogens with zero attached hydrogens (tertiary/aromatic N) is 2. The molecule has 10 nitrogen and oxygen atoms in total. The fourth-order valence-corrected chi connectivity index (χ4v) is 7.86. The lowest BCUT2D eigenvalue weighted by Crippen LogP contribution is -2.53. The molecule has 5 aromatic carbocycles. The van der Waals surface area contributed by atoms with Crippen molar-refractivity contribution in [2.75, 3.05) is 6.61 Å². The van der Waals surface area contributed by atoms with Crippen LogP contribution in [0, 0.1) is 18.3 Å². The van der Waals surface area contributed by atoms with Crippen molar-refractivity contribution in [2.45, 2.75) is 51.0 Å². The minimum Gasteiger partial charge on any atom is -0.489 e. The molecule has 0 bridgehead atoms. The first-order chi connectivity index (χ1) is 29.5. The van der Waals surface area contributed by atoms with E-state index in [1.807, 2.05) is 85.8 Å². The number of carboxylic acids is 1. The second-order valence-corrected chi connectivity index (χ2v) is 15.9. The number of hydrogen-bond donors (Lipinski definition) is 2. The number of benzene rings is 5. The number of carboxylic acid groups (broad SMARTS) is 1. The van der Waals surface area contributed by atoms with Crippen molar-refractivity contribution < 1.29 is 33.7 Å². The first-order valence-corrected chi connectivity index (χ1v) is 20.4. The van der Waals surface area contributed by atoms with Crippen LogP contribution in [-0.2, 0) is 32.1 Å². The molecule has 0 spiro atoms. The van der Waals surface area contributed by atoms with Gasteiger partial charge in [-0.2, -0.15) is 5.26 Å². The molecule has 306 valence electrons. The summed E-state index contributed by atoms with van der Waals surface area (Å²) in [5.41, 5.74) is 7.72. The van der Waals surface area contributed by atoms with Crippen LogP contribution in [0.4, 0.5) is 0 Å². The normalized spacial score (nSPS) is 17.2. The van der Waals surface area contributed by atoms with E-state index in [1.165, 1.54) is 4.90 Å². The zero-order valence-electron chi connectivity index (χ0n) is 32.9. The van der Waals surface area contributed by atoms with Crippen LogP contribution in [0.1, 0.15) is 57.1 Å². The van der Waals surface area contributed by atoms with Crippen molar-refractivity contribution in [2.24, 2.45) is 0 Å². The van der Waals surface area contributed by atoms with E-state index in [1.54, 1.807) is 48.7 Å². The number of aliphatic carboxylic acids is 1. The number of aryl methyl sites for hydroxylation is 1. The Morgan fingerprint density at radius 1 is 0.902 bits per heavy atom. The van der Waals surface area contributed by atoms with Crippen molar-refractivity contribution in [3.05, 3.63) is 194 Å². The Morgan fingerprint density at radius 2 is 1.62 bits per heavy atom. The number of nitriles is 1. The molecule has 3 atom stereocenters. The van der Waals surface area contributed by atoms with Crippen LogP contribution in [0.5, 0.6) is 5.75 Å². The number of halogens is 2. The molecule has 0 aromatic heterocycles. The first-order valence-electron chi connectivity index (χ1n) is 19.6. The molecular formula is C49H39Cl2N3O7. The predicted molar refractivity (Wildman–Crippen MR) is 230 cm³/mol. The van der Waals surface area contributed by atoms with Crippen molar-refractivity contribution in [3.8, 4) is 22.9 Å². The number of carbonyl (C=O) groups is 3. The highest BCUT2D eigenvalue weighted by atomic mass is 35.5. The Balaban J connectivity index is 0.981. The smallest absolute Gasteiger partial charge is 0.326 e. The fourth-order valence-electron chi connectivity index (χ4n) is 7.54. The number of fused-ring (bicyclic) bond motifs is 1. The lowest BCUT2D eigenvalue weighted by molar-refractivity contribution is -0.142. The maximum Gasteiger partial charge on any atom is 0.326 e. The molecule has 0 saturated heterocycles. The zero-order valence-corrected chi connectivity index (χ0v) is 34.5. The average molecular weight is 853 g/mol. The fraction of sp³-hybridized carbons (Fsp3) is 0.184. The van der Waals surface area contributed by atoms with E-state index in [0.717, 1.165) is 39.0 Å². The zero-order chi connectivity index (χ0) is 42.6. The van der Waals surface area contributed by atoms with E-state index in [2.05, 4.69) is 11.4 Å². The molecule has 8 rings (SSSR count). The summed E-state index contributed by atoms with van der Waals surface area (Å²) in [4.78, 5) is 42.4. The van der Waals surface area contributed by atoms with E-state index in [4.69, 9.17) is 42.7 Å². The highest BCUT2D eigenvalue weighted by Gasteiger charge is 2.39. The molecular weight excluding hydrogens is 813 g/mol. The van der Waals surface area contributed by atoms with Gasteiger partial charge < -0.3 is 29.5 Å². The summed E-state index contributed by atoms with van der Waals surface area (Å²) < 4.78 is 18.7. The van der Waals surface area contributed by atoms with E-state index in [9.17, 15) is 19.5 Å². The minimum absolute atomic E-state index is 0.0220. The predicted octanol–water partition coefficient (Wildman–Crippen LogP) is 9.66. The molecule has 2 N–H and O–H groups in total. The molecule has 0 fully saturated rings. The molecule has 0 saturated carbocycles. The van der Waals surface area contributed by atoms with Crippen LogP contribution < -0.4 is 10.1 Å². The molecule has 0 radical (unpaired) electrons. The summed E-state index contributed by atoms with van der Waals surface area (Å²) in [6.07, 6.45) is 3.61. The third kappa shape index (κ3) is 9.34. The molecule has 5 aromatic rings. The average Bonchev–Trinajstić information content (AvgIpc) is 3.28. The van der Waals surface area contributed by atoms with E-state index in [-0.39, 0.29) is 25.4 Å². The lowest BCUT2D eigenvalue weighted by Gasteiger charge is -2.38. The summed E-state index contributed by atoms with van der Waals surface area (Å²) in [6, 6.07) is 34.4. The standard InChI is InChI=1S/C49H39Cl2N3O7/c1-29-3-2-4-36(19-29)48(56)54-26-38-24-45-44(60-28-46(61-45)35-14-16-39(17-15-35)59-27-32-9-18-40(50)41(51)20-32)23-37(38)22-43(54)47(55)53-42(49(57)58)21-30-5-10-33(11-6-30)34-12-7-31(25-52)8-13-34/h2-20,23,26,42-43,46H,21-22,24,27-28H2,1H3,(H,53,55)(H,57,58)/t42?,43-,46+/m0/s1. The van der Waals surface area contributed by atoms with E-state index >= 15 is 0 Å². The number of rotatable bonds is 11. The molecule has 61 heavy (non-hydrogen) atoms. The monoisotopic (exact) mass is 851 g/mol. The van der Waals surface area contributed by atoms with Gasteiger partial charge in [0.2, 0.25) is 5.91 Å². The van der Waals surface area contributed by atoms with Crippen LogP contribution >= 0.6 is 23.2 Å². The molecule has 2 heterocycles. The van der Waals surface area contributed by atoms with Crippen LogP contribution in [0.2, 0.25) is 10.0 Å². The van der Waals surface area contributed by atoms with Crippen LogP contribution in [0.3, 0.4) is 0 Å². The maximum absolute atomic E-state index is 14.2. The van der Waals surface area contributed by atoms with Crippen LogP contribution in [-0.4, -0.2) is 46.5 Å². The SMILES string of the molecule is Cc1cccc(C(=O)N2C=C3CC4=C(C=C3C[C@H]2C(=O)NC(Cc2ccc(-c3ccc(C#N)cc3)cc2)C(=O)O)OC[C@H](c2ccc(OCc3ccc(Cl)c(Cl)c3)cc2)O4)c1. The second kappa shape index (κ2) is 17.8. The van der Waals surface area contributed by atoms with Gasteiger partial charge in [-0.25, -0.2) is 4.79 Å². The quantitative estimate of drug-likeness (QED) is 0.134. The number of amides is 2. The second-order valence-electron chi connectivity index (χ2n) is 15.1. The number of ether oxygens (including phenoxy) is 3. The topological polar surface area (TPSA) is 138 Å². The Kier molecular flexibility index (Phi) is 12.0. The number of nitrogens with one attached hydrogen (secondary N) is 1. The van der Waals surface area contributed by atoms with Gasteiger partial charge in [0.1, 0.15) is 36.8 Å². The largest absolute Gasteiger partial charge is 0.489 e. The summed E-state index contributed by atoms with van der Waals surface area (Å²) in [5.74, 6) is -0.355. The highest BCUT2D eigenvalue weighted by molar-refractivity contribution is 6.42. The Hall–Kier alpha value is -6.80. The minimum atomic E-state index is -1.26. The van der Waals surface area contributed by atoms with E-state index in [0.29, 0.717) is 57.0 Å². The summed E-state index contributed by atoms with van der Waals surface area (Å²) >= 11 is 12.2. The number of hydrogen-bond acceptors (Lipinski definition) is 7. The third-order valence-corrected chi connectivity index (χ3v) is 11.6. The molecule has 12 heteroatoms. The van der Waals surface area contributed by atoms with Crippen molar-refractivity contribution in [1.29, 1.82) is 5.26 Å². The first kappa shape index (κ1) is 41.0. The molecule has 3 aliphatic rings. The molecule has 2 aliphatic heterocycles. The van der Waals surface area contributed by atoms with Gasteiger partial charge in [-0.3, -0.25) is 9.59 Å². The molecule has 2 amide bonds. The Morgan fingerprint density at radius 3 is 2.31 bits per heavy atom. The van der Waals surface area contributed by atoms with Crippen molar-refractivity contribution in [3.63, 3.8) is 0 Å². The Labute approximate surface area is 362 Å². The van der Waals surface area contributed by atoms with Crippen molar-refractivity contribution in [1.82, 2.24) is 10.2 Å². The summed E-state index contributed by atoms with van der Waals surface area (Å²) in [7, 11) is 0. The van der Waals surface area contributed by atoms with Gasteiger partial charge in [0.25, 0.3) is 5.91 Å². The van der Waals surface area contributed by atoms with Gasteiger partial charge in [0, 0.05) is 31.0 Å². The van der Waals surface area contributed by atoms with Crippen molar-refractivity contribution >= 4 is 41.0 Å². The van der Waals surface area contributed by atoms with Gasteiger partial charge in [0.05, 0.1) is 21.7 Å².